The second kappa shape index (κ2) is 4.28. The normalized spacial score (nSPS) is 10.2. The van der Waals surface area contributed by atoms with Crippen molar-refractivity contribution in [3.8, 4) is 6.07 Å². The Balaban J connectivity index is 3.32. The van der Waals surface area contributed by atoms with Crippen LogP contribution >= 0.6 is 38.5 Å². The molecule has 0 radical (unpaired) electrons. The van der Waals surface area contributed by atoms with E-state index in [2.05, 4.69) is 20.9 Å². The largest absolute Gasteiger partial charge is 0.280 e. The maximum Gasteiger partial charge on any atom is 0.280 e. The summed E-state index contributed by atoms with van der Waals surface area (Å²) in [6.45, 7) is 0. The molecule has 1 heterocycles. The van der Waals surface area contributed by atoms with Gasteiger partial charge in [-0.15, -0.1) is 0 Å². The predicted molar refractivity (Wildman–Crippen MR) is 54.3 cm³/mol. The second-order valence-electron chi connectivity index (χ2n) is 2.10. The molecule has 0 saturated heterocycles. The van der Waals surface area contributed by atoms with E-state index in [-0.39, 0.29) is 11.4 Å². The molecule has 2 nitrogen and oxygen atoms in total. The van der Waals surface area contributed by atoms with Crippen LogP contribution < -0.4 is 0 Å². The molecule has 1 rings (SSSR count). The van der Waals surface area contributed by atoms with Gasteiger partial charge in [0.25, 0.3) is 6.43 Å². The van der Waals surface area contributed by atoms with Crippen molar-refractivity contribution in [1.29, 1.82) is 5.26 Å². The van der Waals surface area contributed by atoms with Gasteiger partial charge in [-0.1, -0.05) is 0 Å². The van der Waals surface area contributed by atoms with Gasteiger partial charge in [0.05, 0.1) is 3.57 Å². The Labute approximate surface area is 95.2 Å². The molecule has 1 aromatic rings. The minimum atomic E-state index is -2.65. The van der Waals surface area contributed by atoms with Crippen LogP contribution in [0.25, 0.3) is 0 Å². The fourth-order valence-corrected chi connectivity index (χ4v) is 1.52. The van der Waals surface area contributed by atoms with E-state index in [0.29, 0.717) is 8.04 Å². The third-order valence-electron chi connectivity index (χ3n) is 1.26. The molecule has 0 saturated carbocycles. The molecule has 0 unspecified atom stereocenters. The lowest BCUT2D eigenvalue weighted by Crippen LogP contribution is -1.96. The molecule has 0 amide bonds. The van der Waals surface area contributed by atoms with Gasteiger partial charge in [0.15, 0.2) is 5.69 Å². The first-order chi connectivity index (χ1) is 6.06. The molecule has 0 aromatic carbocycles. The van der Waals surface area contributed by atoms with E-state index in [1.807, 2.05) is 22.6 Å². The number of nitrogens with zero attached hydrogens (tertiary/aromatic N) is 2. The van der Waals surface area contributed by atoms with E-state index in [1.54, 1.807) is 6.07 Å². The second-order valence-corrected chi connectivity index (χ2v) is 4.04. The molecule has 0 N–H and O–H groups in total. The van der Waals surface area contributed by atoms with Gasteiger partial charge in [-0.2, -0.15) is 5.26 Å². The zero-order valence-corrected chi connectivity index (χ0v) is 9.80. The number of hydrogen-bond acceptors (Lipinski definition) is 2. The van der Waals surface area contributed by atoms with Crippen LogP contribution in [0.15, 0.2) is 10.5 Å². The number of pyridine rings is 1. The van der Waals surface area contributed by atoms with Gasteiger partial charge in [0, 0.05) is 4.47 Å². The summed E-state index contributed by atoms with van der Waals surface area (Å²) in [4.78, 5) is 3.50. The molecule has 0 aliphatic heterocycles. The van der Waals surface area contributed by atoms with Crippen molar-refractivity contribution in [3.05, 3.63) is 25.5 Å². The average Bonchev–Trinajstić information content (AvgIpc) is 2.09. The Morgan fingerprint density at radius 3 is 2.69 bits per heavy atom. The summed E-state index contributed by atoms with van der Waals surface area (Å²) >= 11 is 4.94. The van der Waals surface area contributed by atoms with E-state index in [9.17, 15) is 8.78 Å². The van der Waals surface area contributed by atoms with Crippen molar-refractivity contribution in [2.24, 2.45) is 0 Å². The number of rotatable bonds is 1. The zero-order valence-electron chi connectivity index (χ0n) is 6.06. The highest BCUT2D eigenvalue weighted by atomic mass is 127. The van der Waals surface area contributed by atoms with Crippen LogP contribution in [0.2, 0.25) is 0 Å². The van der Waals surface area contributed by atoms with Gasteiger partial charge in [-0.25, -0.2) is 13.8 Å². The molecule has 0 bridgehead atoms. The number of hydrogen-bond donors (Lipinski definition) is 0. The first-order valence-corrected chi connectivity index (χ1v) is 4.97. The highest BCUT2D eigenvalue weighted by molar-refractivity contribution is 14.1. The predicted octanol–water partition coefficient (Wildman–Crippen LogP) is 3.26. The van der Waals surface area contributed by atoms with Crippen LogP contribution in [0.1, 0.15) is 17.8 Å². The maximum absolute atomic E-state index is 12.2. The Hall–Kier alpha value is -0.290. The molecule has 13 heavy (non-hydrogen) atoms. The van der Waals surface area contributed by atoms with E-state index in [4.69, 9.17) is 5.26 Å². The van der Waals surface area contributed by atoms with Gasteiger partial charge in [-0.3, -0.25) is 0 Å². The first kappa shape index (κ1) is 10.8. The smallest absolute Gasteiger partial charge is 0.235 e. The summed E-state index contributed by atoms with van der Waals surface area (Å²) in [5.41, 5.74) is -0.367. The van der Waals surface area contributed by atoms with Crippen molar-refractivity contribution < 1.29 is 8.78 Å². The molecule has 0 fully saturated rings. The van der Waals surface area contributed by atoms with Crippen LogP contribution in [0.4, 0.5) is 8.78 Å². The Bertz CT molecular complexity index is 375. The molecule has 0 atom stereocenters. The lowest BCUT2D eigenvalue weighted by atomic mass is 10.3. The standard InChI is InChI=1S/C7H2BrF2IN2/c8-3-1-4(7(9)10)13-5(2-12)6(3)11/h1,7H. The Morgan fingerprint density at radius 1 is 1.62 bits per heavy atom. The summed E-state index contributed by atoms with van der Waals surface area (Å²) in [6, 6.07) is 2.96. The van der Waals surface area contributed by atoms with Crippen LogP contribution in [-0.2, 0) is 0 Å². The Kier molecular flexibility index (Phi) is 3.55. The van der Waals surface area contributed by atoms with Gasteiger partial charge in [-0.05, 0) is 44.6 Å². The van der Waals surface area contributed by atoms with Crippen LogP contribution in [0, 0.1) is 14.9 Å². The van der Waals surface area contributed by atoms with E-state index >= 15 is 0 Å². The van der Waals surface area contributed by atoms with Crippen LogP contribution in [0.3, 0.4) is 0 Å². The van der Waals surface area contributed by atoms with Crippen LogP contribution in [0.5, 0.6) is 0 Å². The molecule has 68 valence electrons. The van der Waals surface area contributed by atoms with Crippen molar-refractivity contribution in [3.63, 3.8) is 0 Å². The summed E-state index contributed by atoms with van der Waals surface area (Å²) in [5.74, 6) is 0. The zero-order chi connectivity index (χ0) is 10.0. The number of aromatic nitrogens is 1. The topological polar surface area (TPSA) is 36.7 Å². The molecule has 0 aliphatic rings. The lowest BCUT2D eigenvalue weighted by Gasteiger charge is -2.02. The number of alkyl halides is 2. The molecular weight excluding hydrogens is 357 g/mol. The van der Waals surface area contributed by atoms with E-state index < -0.39 is 6.43 Å². The number of halogens is 4. The summed E-state index contributed by atoms with van der Waals surface area (Å²) < 4.78 is 25.4. The van der Waals surface area contributed by atoms with Crippen molar-refractivity contribution >= 4 is 38.5 Å². The fraction of sp³-hybridized carbons (Fsp3) is 0.143. The third kappa shape index (κ3) is 2.34. The van der Waals surface area contributed by atoms with E-state index in [1.165, 1.54) is 6.07 Å². The van der Waals surface area contributed by atoms with E-state index in [0.717, 1.165) is 0 Å². The van der Waals surface area contributed by atoms with Gasteiger partial charge < -0.3 is 0 Å². The van der Waals surface area contributed by atoms with Crippen molar-refractivity contribution in [1.82, 2.24) is 4.98 Å². The minimum absolute atomic E-state index is 0.0188. The molecule has 0 aliphatic carbocycles. The SMILES string of the molecule is N#Cc1nc(C(F)F)cc(Br)c1I. The van der Waals surface area contributed by atoms with Crippen molar-refractivity contribution in [2.45, 2.75) is 6.43 Å². The summed E-state index contributed by atoms with van der Waals surface area (Å²) in [7, 11) is 0. The fourth-order valence-electron chi connectivity index (χ4n) is 0.703. The Morgan fingerprint density at radius 2 is 2.23 bits per heavy atom. The first-order valence-electron chi connectivity index (χ1n) is 3.10. The monoisotopic (exact) mass is 358 g/mol. The van der Waals surface area contributed by atoms with Crippen LogP contribution in [-0.4, -0.2) is 4.98 Å². The maximum atomic E-state index is 12.2. The molecule has 0 spiro atoms. The van der Waals surface area contributed by atoms with Gasteiger partial charge in [0.1, 0.15) is 11.8 Å². The highest BCUT2D eigenvalue weighted by Gasteiger charge is 2.14. The third-order valence-corrected chi connectivity index (χ3v) is 3.72. The quantitative estimate of drug-likeness (QED) is 0.722. The van der Waals surface area contributed by atoms with Crippen molar-refractivity contribution in [2.75, 3.05) is 0 Å². The minimum Gasteiger partial charge on any atom is -0.235 e. The van der Waals surface area contributed by atoms with Gasteiger partial charge >= 0.3 is 0 Å². The lowest BCUT2D eigenvalue weighted by molar-refractivity contribution is 0.146. The number of nitriles is 1. The van der Waals surface area contributed by atoms with Gasteiger partial charge in [0.2, 0.25) is 0 Å². The molecule has 1 aromatic heterocycles. The average molecular weight is 359 g/mol. The summed E-state index contributed by atoms with van der Waals surface area (Å²) in [5, 5.41) is 8.57. The molecular formula is C7H2BrF2IN2. The highest BCUT2D eigenvalue weighted by Crippen LogP contribution is 2.26. The summed E-state index contributed by atoms with van der Waals surface area (Å²) in [6.07, 6.45) is -2.65. The molecule has 6 heteroatoms.